The number of H-pyrrole nitrogens is 1. The number of aryl methyl sites for hydroxylation is 1. The van der Waals surface area contributed by atoms with E-state index in [0.29, 0.717) is 18.1 Å². The zero-order valence-electron chi connectivity index (χ0n) is 13.8. The number of aliphatic imine (C=N–C) groups is 1. The molecule has 1 aliphatic rings. The molecule has 2 heterocycles. The van der Waals surface area contributed by atoms with Gasteiger partial charge < -0.3 is 5.11 Å². The molecule has 24 heavy (non-hydrogen) atoms. The van der Waals surface area contributed by atoms with E-state index >= 15 is 0 Å². The number of carboxylic acid groups (broad SMARTS) is 1. The molecular weight excluding hydrogens is 306 g/mol. The van der Waals surface area contributed by atoms with E-state index in [1.165, 1.54) is 5.56 Å². The number of rotatable bonds is 6. The molecule has 0 spiro atoms. The molecule has 0 radical (unpaired) electrons. The van der Waals surface area contributed by atoms with Gasteiger partial charge in [-0.1, -0.05) is 12.1 Å². The van der Waals surface area contributed by atoms with Gasteiger partial charge in [-0.25, -0.2) is 10.2 Å². The first kappa shape index (κ1) is 16.2. The summed E-state index contributed by atoms with van der Waals surface area (Å²) in [5.41, 5.74) is 7.13. The summed E-state index contributed by atoms with van der Waals surface area (Å²) in [5.74, 6) is -0.938. The number of hydrazine groups is 1. The Morgan fingerprint density at radius 2 is 2.25 bits per heavy atom. The van der Waals surface area contributed by atoms with Crippen LogP contribution in [0.1, 0.15) is 25.8 Å². The Hall–Kier alpha value is -2.67. The maximum atomic E-state index is 11.3. The lowest BCUT2D eigenvalue weighted by molar-refractivity contribution is -0.132. The van der Waals surface area contributed by atoms with Gasteiger partial charge >= 0.3 is 5.97 Å². The molecule has 3 rings (SSSR count). The lowest BCUT2D eigenvalue weighted by Gasteiger charge is -2.29. The van der Waals surface area contributed by atoms with Crippen LogP contribution in [0.2, 0.25) is 0 Å². The second kappa shape index (κ2) is 6.84. The minimum Gasteiger partial charge on any atom is -0.478 e. The third kappa shape index (κ3) is 3.16. The molecule has 0 unspecified atom stereocenters. The van der Waals surface area contributed by atoms with Gasteiger partial charge in [0.25, 0.3) is 0 Å². The topological polar surface area (TPSA) is 93.6 Å². The van der Waals surface area contributed by atoms with Crippen LogP contribution in [0.3, 0.4) is 0 Å². The maximum absolute atomic E-state index is 11.3. The third-order valence-electron chi connectivity index (χ3n) is 4.29. The van der Waals surface area contributed by atoms with Gasteiger partial charge in [-0.15, -0.1) is 0 Å². The molecule has 7 nitrogen and oxygen atoms in total. The second-order valence-electron chi connectivity index (χ2n) is 5.84. The molecule has 1 aromatic heterocycles. The summed E-state index contributed by atoms with van der Waals surface area (Å²) in [5, 5.41) is 19.3. The Morgan fingerprint density at radius 3 is 3.04 bits per heavy atom. The number of hydrogen-bond acceptors (Lipinski definition) is 5. The normalized spacial score (nSPS) is 15.1. The Balaban J connectivity index is 1.57. The van der Waals surface area contributed by atoms with E-state index in [9.17, 15) is 9.90 Å². The van der Waals surface area contributed by atoms with Crippen molar-refractivity contribution in [1.29, 1.82) is 0 Å². The van der Waals surface area contributed by atoms with Gasteiger partial charge in [0.1, 0.15) is 12.2 Å². The van der Waals surface area contributed by atoms with E-state index < -0.39 is 5.97 Å². The van der Waals surface area contributed by atoms with Crippen molar-refractivity contribution in [2.24, 2.45) is 4.99 Å². The molecule has 7 heteroatoms. The van der Waals surface area contributed by atoms with E-state index in [4.69, 9.17) is 0 Å². The van der Waals surface area contributed by atoms with Crippen molar-refractivity contribution in [3.63, 3.8) is 0 Å². The smallest absolute Gasteiger partial charge is 0.339 e. The maximum Gasteiger partial charge on any atom is 0.339 e. The van der Waals surface area contributed by atoms with Gasteiger partial charge in [-0.05, 0) is 38.3 Å². The molecule has 0 saturated carbocycles. The number of carbonyl (C=O) groups is 1. The number of aromatic nitrogens is 2. The van der Waals surface area contributed by atoms with Crippen LogP contribution in [-0.4, -0.2) is 45.2 Å². The molecular formula is C17H21N5O2. The highest BCUT2D eigenvalue weighted by Crippen LogP contribution is 2.18. The summed E-state index contributed by atoms with van der Waals surface area (Å²) in [6.07, 6.45) is 3.71. The van der Waals surface area contributed by atoms with E-state index in [0.717, 1.165) is 30.3 Å². The Labute approximate surface area is 140 Å². The zero-order chi connectivity index (χ0) is 17.1. The zero-order valence-corrected chi connectivity index (χ0v) is 13.8. The number of benzene rings is 1. The number of allylic oxidation sites excluding steroid dienone is 1. The van der Waals surface area contributed by atoms with E-state index in [1.807, 2.05) is 18.3 Å². The van der Waals surface area contributed by atoms with Gasteiger partial charge in [-0.3, -0.25) is 15.1 Å². The number of aromatic amines is 1. The Kier molecular flexibility index (Phi) is 4.61. The number of nitrogens with one attached hydrogen (secondary N) is 2. The second-order valence-corrected chi connectivity index (χ2v) is 5.84. The average Bonchev–Trinajstić information content (AvgIpc) is 3.02. The van der Waals surface area contributed by atoms with Crippen LogP contribution in [0.5, 0.6) is 0 Å². The van der Waals surface area contributed by atoms with Crippen LogP contribution in [0.25, 0.3) is 10.9 Å². The summed E-state index contributed by atoms with van der Waals surface area (Å²) in [6, 6.07) is 6.15. The largest absolute Gasteiger partial charge is 0.478 e. The fraction of sp³-hybridized carbons (Fsp3) is 0.353. The molecule has 0 aliphatic carbocycles. The van der Waals surface area contributed by atoms with Crippen molar-refractivity contribution >= 4 is 22.6 Å². The van der Waals surface area contributed by atoms with Crippen molar-refractivity contribution in [2.75, 3.05) is 13.2 Å². The van der Waals surface area contributed by atoms with Crippen LogP contribution >= 0.6 is 0 Å². The molecule has 1 aliphatic heterocycles. The van der Waals surface area contributed by atoms with Crippen LogP contribution in [0.15, 0.2) is 40.7 Å². The first-order valence-corrected chi connectivity index (χ1v) is 7.95. The van der Waals surface area contributed by atoms with Crippen LogP contribution in [-0.2, 0) is 11.2 Å². The molecule has 126 valence electrons. The Bertz CT molecular complexity index is 821. The fourth-order valence-corrected chi connectivity index (χ4v) is 2.98. The van der Waals surface area contributed by atoms with Crippen molar-refractivity contribution in [1.82, 2.24) is 20.6 Å². The minimum atomic E-state index is -0.938. The summed E-state index contributed by atoms with van der Waals surface area (Å²) in [6.45, 7) is 4.72. The van der Waals surface area contributed by atoms with Gasteiger partial charge in [0.05, 0.1) is 17.4 Å². The lowest BCUT2D eigenvalue weighted by atomic mass is 10.1. The number of carboxylic acids is 1. The molecule has 0 amide bonds. The fourth-order valence-electron chi connectivity index (χ4n) is 2.98. The number of aliphatic carboxylic acids is 1. The van der Waals surface area contributed by atoms with Gasteiger partial charge in [0.2, 0.25) is 0 Å². The molecule has 0 fully saturated rings. The summed E-state index contributed by atoms with van der Waals surface area (Å²) in [7, 11) is 0. The summed E-state index contributed by atoms with van der Waals surface area (Å²) in [4.78, 5) is 15.6. The highest BCUT2D eigenvalue weighted by Gasteiger charge is 2.22. The molecule has 0 bridgehead atoms. The third-order valence-corrected chi connectivity index (χ3v) is 4.29. The van der Waals surface area contributed by atoms with Crippen LogP contribution in [0, 0.1) is 0 Å². The quantitative estimate of drug-likeness (QED) is 0.706. The molecule has 0 atom stereocenters. The summed E-state index contributed by atoms with van der Waals surface area (Å²) < 4.78 is 0. The van der Waals surface area contributed by atoms with Crippen molar-refractivity contribution in [3.05, 3.63) is 41.2 Å². The van der Waals surface area contributed by atoms with Crippen molar-refractivity contribution in [3.8, 4) is 0 Å². The van der Waals surface area contributed by atoms with Gasteiger partial charge in [0, 0.05) is 17.6 Å². The number of fused-ring (bicyclic) bond motifs is 1. The number of hydrogen-bond donors (Lipinski definition) is 3. The number of nitrogens with zero attached hydrogens (tertiary/aromatic N) is 3. The minimum absolute atomic E-state index is 0.275. The summed E-state index contributed by atoms with van der Waals surface area (Å²) >= 11 is 0. The predicted molar refractivity (Wildman–Crippen MR) is 92.6 cm³/mol. The standard InChI is InChI=1S/C17H21N5O2/c1-11-16(17(23)24)12(2)22(10-18-11)20-8-4-6-13-5-3-7-15-14(13)9-19-21-15/h3,5,7,9,20H,4,6,8,10H2,1-2H3,(H,19,21)(H,23,24). The highest BCUT2D eigenvalue weighted by atomic mass is 16.4. The van der Waals surface area contributed by atoms with E-state index in [1.54, 1.807) is 18.9 Å². The lowest BCUT2D eigenvalue weighted by Crippen LogP contribution is -2.41. The van der Waals surface area contributed by atoms with E-state index in [-0.39, 0.29) is 5.57 Å². The molecule has 0 saturated heterocycles. The SMILES string of the molecule is CC1=NCN(NCCCc2cccc3[nH]ncc23)C(C)=C1C(=O)O. The Morgan fingerprint density at radius 1 is 1.42 bits per heavy atom. The molecule has 2 aromatic rings. The van der Waals surface area contributed by atoms with Crippen LogP contribution in [0.4, 0.5) is 0 Å². The monoisotopic (exact) mass is 327 g/mol. The van der Waals surface area contributed by atoms with Crippen LogP contribution < -0.4 is 5.43 Å². The van der Waals surface area contributed by atoms with Crippen molar-refractivity contribution < 1.29 is 9.90 Å². The van der Waals surface area contributed by atoms with Gasteiger partial charge in [-0.2, -0.15) is 5.10 Å². The average molecular weight is 327 g/mol. The highest BCUT2D eigenvalue weighted by molar-refractivity contribution is 6.19. The van der Waals surface area contributed by atoms with E-state index in [2.05, 4.69) is 26.7 Å². The predicted octanol–water partition coefficient (Wildman–Crippen LogP) is 2.09. The van der Waals surface area contributed by atoms with Gasteiger partial charge in [0.15, 0.2) is 0 Å². The van der Waals surface area contributed by atoms with Crippen molar-refractivity contribution in [2.45, 2.75) is 26.7 Å². The first-order valence-electron chi connectivity index (χ1n) is 7.95. The first-order chi connectivity index (χ1) is 11.6. The molecule has 1 aromatic carbocycles. The molecule has 3 N–H and O–H groups in total.